The number of hydrogen-bond acceptors (Lipinski definition) is 3. The lowest BCUT2D eigenvalue weighted by molar-refractivity contribution is -0.274. The number of ether oxygens (including phenoxy) is 1. The van der Waals surface area contributed by atoms with Crippen LogP contribution in [0, 0.1) is 0 Å². The molecule has 0 amide bonds. The Morgan fingerprint density at radius 1 is 1.29 bits per heavy atom. The zero-order valence-corrected chi connectivity index (χ0v) is 6.71. The monoisotopic (exact) mass is 203 g/mol. The molecular formula is C8H4F3NO2. The quantitative estimate of drug-likeness (QED) is 0.714. The summed E-state index contributed by atoms with van der Waals surface area (Å²) in [6.07, 6.45) is -3.43. The molecule has 3 nitrogen and oxygen atoms in total. The molecule has 0 unspecified atom stereocenters. The number of hydrogen-bond donors (Lipinski definition) is 0. The predicted molar refractivity (Wildman–Crippen MR) is 40.7 cm³/mol. The molecule has 0 bridgehead atoms. The molecule has 0 spiro atoms. The fraction of sp³-hybridized carbons (Fsp3) is 0.125. The van der Waals surface area contributed by atoms with Crippen molar-refractivity contribution in [2.75, 3.05) is 0 Å². The maximum absolute atomic E-state index is 11.8. The van der Waals surface area contributed by atoms with Crippen LogP contribution in [-0.4, -0.2) is 11.5 Å². The lowest BCUT2D eigenvalue weighted by Crippen LogP contribution is -2.16. The van der Waals surface area contributed by atoms with Crippen LogP contribution < -0.4 is 4.74 Å². The second-order valence-corrected chi connectivity index (χ2v) is 2.58. The van der Waals surface area contributed by atoms with Crippen molar-refractivity contribution >= 4 is 10.9 Å². The maximum atomic E-state index is 11.8. The molecule has 74 valence electrons. The lowest BCUT2D eigenvalue weighted by Gasteiger charge is -2.07. The van der Waals surface area contributed by atoms with Crippen molar-refractivity contribution in [1.82, 2.24) is 5.16 Å². The molecule has 6 heteroatoms. The minimum absolute atomic E-state index is 0.284. The van der Waals surface area contributed by atoms with Crippen molar-refractivity contribution in [3.05, 3.63) is 24.5 Å². The van der Waals surface area contributed by atoms with Crippen LogP contribution in [0.2, 0.25) is 0 Å². The molecule has 0 saturated heterocycles. The first-order chi connectivity index (χ1) is 6.54. The van der Waals surface area contributed by atoms with Crippen LogP contribution in [0.1, 0.15) is 0 Å². The Morgan fingerprint density at radius 2 is 2.07 bits per heavy atom. The maximum Gasteiger partial charge on any atom is 0.573 e. The summed E-state index contributed by atoms with van der Waals surface area (Å²) in [4.78, 5) is 0. The van der Waals surface area contributed by atoms with E-state index in [-0.39, 0.29) is 5.75 Å². The van der Waals surface area contributed by atoms with Crippen molar-refractivity contribution in [2.45, 2.75) is 6.36 Å². The highest BCUT2D eigenvalue weighted by molar-refractivity contribution is 5.78. The van der Waals surface area contributed by atoms with Gasteiger partial charge in [-0.25, -0.2) is 0 Å². The fourth-order valence-corrected chi connectivity index (χ4v) is 1.05. The van der Waals surface area contributed by atoms with E-state index >= 15 is 0 Å². The van der Waals surface area contributed by atoms with Crippen LogP contribution in [0.25, 0.3) is 10.9 Å². The van der Waals surface area contributed by atoms with Crippen molar-refractivity contribution < 1.29 is 22.4 Å². The minimum Gasteiger partial charge on any atom is -0.406 e. The van der Waals surface area contributed by atoms with E-state index in [1.54, 1.807) is 0 Å². The van der Waals surface area contributed by atoms with Crippen molar-refractivity contribution in [3.8, 4) is 5.75 Å². The molecule has 0 aliphatic rings. The highest BCUT2D eigenvalue weighted by Crippen LogP contribution is 2.25. The summed E-state index contributed by atoms with van der Waals surface area (Å²) in [6, 6.07) is 3.78. The SMILES string of the molecule is FC(F)(F)Oc1ccc2nocc2c1. The molecule has 2 aromatic rings. The summed E-state index contributed by atoms with van der Waals surface area (Å²) < 4.78 is 43.7. The lowest BCUT2D eigenvalue weighted by atomic mass is 10.2. The van der Waals surface area contributed by atoms with Crippen LogP contribution in [0.4, 0.5) is 13.2 Å². The first kappa shape index (κ1) is 8.86. The van der Waals surface area contributed by atoms with E-state index in [0.29, 0.717) is 10.9 Å². The van der Waals surface area contributed by atoms with E-state index in [1.807, 2.05) is 0 Å². The Bertz CT molecular complexity index is 449. The summed E-state index contributed by atoms with van der Waals surface area (Å²) in [5.41, 5.74) is 0.486. The van der Waals surface area contributed by atoms with Gasteiger partial charge in [0.1, 0.15) is 17.5 Å². The van der Waals surface area contributed by atoms with Crippen LogP contribution in [0.5, 0.6) is 5.75 Å². The van der Waals surface area contributed by atoms with Crippen LogP contribution in [-0.2, 0) is 0 Å². The van der Waals surface area contributed by atoms with Gasteiger partial charge < -0.3 is 9.26 Å². The van der Waals surface area contributed by atoms with E-state index in [4.69, 9.17) is 0 Å². The average molecular weight is 203 g/mol. The second-order valence-electron chi connectivity index (χ2n) is 2.58. The highest BCUT2D eigenvalue weighted by Gasteiger charge is 2.31. The number of nitrogens with zero attached hydrogens (tertiary/aromatic N) is 1. The molecule has 0 aliphatic carbocycles. The third-order valence-corrected chi connectivity index (χ3v) is 1.56. The van der Waals surface area contributed by atoms with E-state index in [0.717, 1.165) is 0 Å². The number of aromatic nitrogens is 1. The molecule has 1 heterocycles. The van der Waals surface area contributed by atoms with Gasteiger partial charge in [0.05, 0.1) is 0 Å². The molecule has 2 rings (SSSR count). The zero-order valence-electron chi connectivity index (χ0n) is 6.71. The molecule has 0 radical (unpaired) electrons. The van der Waals surface area contributed by atoms with Gasteiger partial charge in [0, 0.05) is 5.39 Å². The Labute approximate surface area is 76.1 Å². The Morgan fingerprint density at radius 3 is 2.79 bits per heavy atom. The van der Waals surface area contributed by atoms with Gasteiger partial charge in [0.2, 0.25) is 0 Å². The third kappa shape index (κ3) is 1.78. The largest absolute Gasteiger partial charge is 0.573 e. The summed E-state index contributed by atoms with van der Waals surface area (Å²) in [6.45, 7) is 0. The summed E-state index contributed by atoms with van der Waals surface area (Å²) in [5.74, 6) is -0.284. The molecule has 0 aliphatic heterocycles. The molecule has 14 heavy (non-hydrogen) atoms. The highest BCUT2D eigenvalue weighted by atomic mass is 19.4. The predicted octanol–water partition coefficient (Wildman–Crippen LogP) is 2.73. The van der Waals surface area contributed by atoms with E-state index in [1.165, 1.54) is 24.5 Å². The van der Waals surface area contributed by atoms with Crippen LogP contribution in [0.15, 0.2) is 29.0 Å². The molecule has 0 atom stereocenters. The smallest absolute Gasteiger partial charge is 0.406 e. The third-order valence-electron chi connectivity index (χ3n) is 1.56. The Kier molecular flexibility index (Phi) is 1.83. The van der Waals surface area contributed by atoms with Gasteiger partial charge in [0.25, 0.3) is 0 Å². The number of rotatable bonds is 1. The number of alkyl halides is 3. The number of halogens is 3. The standard InChI is InChI=1S/C8H4F3NO2/c9-8(10,11)14-6-1-2-7-5(3-6)4-13-12-7/h1-4H. The number of benzene rings is 1. The average Bonchev–Trinajstić information content (AvgIpc) is 2.47. The molecular weight excluding hydrogens is 199 g/mol. The molecule has 1 aromatic carbocycles. The second kappa shape index (κ2) is 2.90. The van der Waals surface area contributed by atoms with Gasteiger partial charge in [-0.05, 0) is 18.2 Å². The Hall–Kier alpha value is -1.72. The van der Waals surface area contributed by atoms with Gasteiger partial charge in [0.15, 0.2) is 0 Å². The van der Waals surface area contributed by atoms with Crippen molar-refractivity contribution in [3.63, 3.8) is 0 Å². The Balaban J connectivity index is 2.35. The first-order valence-corrected chi connectivity index (χ1v) is 3.64. The minimum atomic E-state index is -4.68. The zero-order chi connectivity index (χ0) is 10.2. The van der Waals surface area contributed by atoms with Crippen LogP contribution in [0.3, 0.4) is 0 Å². The normalized spacial score (nSPS) is 11.9. The van der Waals surface area contributed by atoms with E-state index in [2.05, 4.69) is 14.4 Å². The fourth-order valence-electron chi connectivity index (χ4n) is 1.05. The summed E-state index contributed by atoms with van der Waals surface area (Å²) >= 11 is 0. The van der Waals surface area contributed by atoms with Gasteiger partial charge in [-0.15, -0.1) is 13.2 Å². The van der Waals surface area contributed by atoms with Gasteiger partial charge in [-0.1, -0.05) is 5.16 Å². The van der Waals surface area contributed by atoms with Gasteiger partial charge in [-0.3, -0.25) is 0 Å². The first-order valence-electron chi connectivity index (χ1n) is 3.64. The van der Waals surface area contributed by atoms with E-state index < -0.39 is 6.36 Å². The topological polar surface area (TPSA) is 35.3 Å². The van der Waals surface area contributed by atoms with Crippen LogP contribution >= 0.6 is 0 Å². The molecule has 1 aromatic heterocycles. The molecule has 0 saturated carbocycles. The van der Waals surface area contributed by atoms with Gasteiger partial charge >= 0.3 is 6.36 Å². The summed E-state index contributed by atoms with van der Waals surface area (Å²) in [5, 5.41) is 4.01. The van der Waals surface area contributed by atoms with E-state index in [9.17, 15) is 13.2 Å². The summed E-state index contributed by atoms with van der Waals surface area (Å²) in [7, 11) is 0. The number of fused-ring (bicyclic) bond motifs is 1. The van der Waals surface area contributed by atoms with Crippen molar-refractivity contribution in [1.29, 1.82) is 0 Å². The van der Waals surface area contributed by atoms with Gasteiger partial charge in [-0.2, -0.15) is 0 Å². The molecule has 0 N–H and O–H groups in total. The van der Waals surface area contributed by atoms with Crippen molar-refractivity contribution in [2.24, 2.45) is 0 Å². The molecule has 0 fully saturated rings.